The van der Waals surface area contributed by atoms with Crippen LogP contribution in [0.25, 0.3) is 11.1 Å². The first-order valence-corrected chi connectivity index (χ1v) is 6.34. The Morgan fingerprint density at radius 1 is 1.10 bits per heavy atom. The first-order chi connectivity index (χ1) is 10.3. The second-order valence-electron chi connectivity index (χ2n) is 4.56. The molecule has 3 aromatic rings. The molecule has 2 aromatic carbocycles. The van der Waals surface area contributed by atoms with Crippen LogP contribution in [-0.4, -0.2) is 17.7 Å². The molecule has 0 aliphatic carbocycles. The van der Waals surface area contributed by atoms with Gasteiger partial charge < -0.3 is 19.2 Å². The number of aromatic nitrogens is 1. The molecule has 0 fully saturated rings. The lowest BCUT2D eigenvalue weighted by atomic mass is 10.2. The van der Waals surface area contributed by atoms with E-state index in [1.807, 2.05) is 0 Å². The van der Waals surface area contributed by atoms with Crippen molar-refractivity contribution < 1.29 is 18.7 Å². The number of hydrogen-bond acceptors (Lipinski definition) is 5. The second-order valence-corrected chi connectivity index (χ2v) is 4.56. The highest BCUT2D eigenvalue weighted by molar-refractivity contribution is 6.05. The van der Waals surface area contributed by atoms with E-state index in [0.29, 0.717) is 28.3 Å². The smallest absolute Gasteiger partial charge is 0.255 e. The Morgan fingerprint density at radius 2 is 2.00 bits per heavy atom. The predicted molar refractivity (Wildman–Crippen MR) is 74.5 cm³/mol. The van der Waals surface area contributed by atoms with Crippen molar-refractivity contribution in [3.8, 4) is 11.5 Å². The third-order valence-corrected chi connectivity index (χ3v) is 3.22. The maximum atomic E-state index is 12.2. The fraction of sp³-hybridized carbons (Fsp3) is 0.0667. The zero-order valence-electron chi connectivity index (χ0n) is 10.8. The quantitative estimate of drug-likeness (QED) is 0.782. The Bertz CT molecular complexity index is 841. The first-order valence-electron chi connectivity index (χ1n) is 6.34. The Morgan fingerprint density at radius 3 is 2.95 bits per heavy atom. The van der Waals surface area contributed by atoms with Gasteiger partial charge in [-0.15, -0.1) is 0 Å². The van der Waals surface area contributed by atoms with E-state index < -0.39 is 0 Å². The number of anilines is 1. The summed E-state index contributed by atoms with van der Waals surface area (Å²) in [5, 5.41) is 2.81. The molecule has 0 atom stereocenters. The molecule has 0 spiro atoms. The summed E-state index contributed by atoms with van der Waals surface area (Å²) in [5.74, 6) is 1.07. The molecule has 6 nitrogen and oxygen atoms in total. The third kappa shape index (κ3) is 2.06. The molecule has 0 unspecified atom stereocenters. The molecule has 0 saturated heterocycles. The van der Waals surface area contributed by atoms with Crippen LogP contribution in [0.4, 0.5) is 5.69 Å². The summed E-state index contributed by atoms with van der Waals surface area (Å²) in [7, 11) is 0. The summed E-state index contributed by atoms with van der Waals surface area (Å²) in [5.41, 5.74) is 2.43. The molecule has 21 heavy (non-hydrogen) atoms. The lowest BCUT2D eigenvalue weighted by Crippen LogP contribution is -2.11. The number of oxazole rings is 1. The van der Waals surface area contributed by atoms with Crippen LogP contribution in [0.5, 0.6) is 11.5 Å². The number of hydrogen-bond donors (Lipinski definition) is 1. The van der Waals surface area contributed by atoms with Gasteiger partial charge in [-0.25, -0.2) is 4.98 Å². The monoisotopic (exact) mass is 282 g/mol. The Kier molecular flexibility index (Phi) is 2.53. The number of ether oxygens (including phenoxy) is 2. The fourth-order valence-electron chi connectivity index (χ4n) is 2.17. The van der Waals surface area contributed by atoms with Gasteiger partial charge in [0.2, 0.25) is 6.79 Å². The van der Waals surface area contributed by atoms with Crippen LogP contribution in [0, 0.1) is 0 Å². The fourth-order valence-corrected chi connectivity index (χ4v) is 2.17. The number of nitrogens with one attached hydrogen (secondary N) is 1. The zero-order valence-corrected chi connectivity index (χ0v) is 10.8. The molecule has 1 aromatic heterocycles. The molecule has 0 saturated carbocycles. The molecule has 104 valence electrons. The maximum absolute atomic E-state index is 12.2. The van der Waals surface area contributed by atoms with Gasteiger partial charge in [0, 0.05) is 17.3 Å². The average molecular weight is 282 g/mol. The van der Waals surface area contributed by atoms with E-state index in [1.165, 1.54) is 6.39 Å². The second kappa shape index (κ2) is 4.52. The molecule has 0 bridgehead atoms. The highest BCUT2D eigenvalue weighted by Crippen LogP contribution is 2.34. The third-order valence-electron chi connectivity index (χ3n) is 3.22. The van der Waals surface area contributed by atoms with Crippen molar-refractivity contribution in [3.05, 3.63) is 48.4 Å². The van der Waals surface area contributed by atoms with Gasteiger partial charge in [0.25, 0.3) is 5.91 Å². The van der Waals surface area contributed by atoms with E-state index in [2.05, 4.69) is 10.3 Å². The van der Waals surface area contributed by atoms with E-state index in [4.69, 9.17) is 13.9 Å². The van der Waals surface area contributed by atoms with Crippen LogP contribution in [0.15, 0.2) is 47.2 Å². The summed E-state index contributed by atoms with van der Waals surface area (Å²) in [6.45, 7) is 0.203. The minimum Gasteiger partial charge on any atom is -0.454 e. The van der Waals surface area contributed by atoms with E-state index in [0.717, 1.165) is 5.52 Å². The van der Waals surface area contributed by atoms with Gasteiger partial charge >= 0.3 is 0 Å². The molecule has 0 radical (unpaired) electrons. The van der Waals surface area contributed by atoms with E-state index in [-0.39, 0.29) is 12.7 Å². The number of carbonyl (C=O) groups excluding carboxylic acids is 1. The lowest BCUT2D eigenvalue weighted by Gasteiger charge is -2.06. The van der Waals surface area contributed by atoms with Crippen LogP contribution in [-0.2, 0) is 0 Å². The van der Waals surface area contributed by atoms with Gasteiger partial charge in [-0.3, -0.25) is 4.79 Å². The largest absolute Gasteiger partial charge is 0.454 e. The Balaban J connectivity index is 1.60. The van der Waals surface area contributed by atoms with Crippen LogP contribution < -0.4 is 14.8 Å². The summed E-state index contributed by atoms with van der Waals surface area (Å²) >= 11 is 0. The van der Waals surface area contributed by atoms with Crippen molar-refractivity contribution in [1.82, 2.24) is 4.98 Å². The summed E-state index contributed by atoms with van der Waals surface area (Å²) in [6, 6.07) is 10.4. The van der Waals surface area contributed by atoms with E-state index >= 15 is 0 Å². The summed E-state index contributed by atoms with van der Waals surface area (Å²) < 4.78 is 15.7. The topological polar surface area (TPSA) is 73.6 Å². The highest BCUT2D eigenvalue weighted by atomic mass is 16.7. The molecule has 2 heterocycles. The number of amides is 1. The van der Waals surface area contributed by atoms with Crippen molar-refractivity contribution in [1.29, 1.82) is 0 Å². The Hall–Kier alpha value is -3.02. The van der Waals surface area contributed by atoms with Gasteiger partial charge in [-0.2, -0.15) is 0 Å². The molecule has 1 aliphatic rings. The number of rotatable bonds is 2. The maximum Gasteiger partial charge on any atom is 0.255 e. The molecule has 6 heteroatoms. The van der Waals surface area contributed by atoms with Crippen LogP contribution in [0.3, 0.4) is 0 Å². The highest BCUT2D eigenvalue weighted by Gasteiger charge is 2.15. The summed E-state index contributed by atoms with van der Waals surface area (Å²) in [4.78, 5) is 16.2. The molecule has 1 aliphatic heterocycles. The molecular weight excluding hydrogens is 272 g/mol. The predicted octanol–water partition coefficient (Wildman–Crippen LogP) is 2.81. The lowest BCUT2D eigenvalue weighted by molar-refractivity contribution is 0.102. The number of fused-ring (bicyclic) bond motifs is 2. The van der Waals surface area contributed by atoms with Crippen LogP contribution in [0.1, 0.15) is 10.4 Å². The Labute approximate surface area is 119 Å². The van der Waals surface area contributed by atoms with Crippen molar-refractivity contribution in [2.24, 2.45) is 0 Å². The number of carbonyl (C=O) groups is 1. The molecule has 1 N–H and O–H groups in total. The minimum absolute atomic E-state index is 0.203. The van der Waals surface area contributed by atoms with Crippen molar-refractivity contribution in [2.75, 3.05) is 12.1 Å². The molecule has 1 amide bonds. The normalized spacial score (nSPS) is 12.6. The van der Waals surface area contributed by atoms with Gasteiger partial charge in [0.15, 0.2) is 23.5 Å². The average Bonchev–Trinajstić information content (AvgIpc) is 3.14. The van der Waals surface area contributed by atoms with Crippen molar-refractivity contribution in [2.45, 2.75) is 0 Å². The first kappa shape index (κ1) is 11.8. The molecule has 4 rings (SSSR count). The number of benzene rings is 2. The standard InChI is InChI=1S/C15H10N2O4/c18-15(9-1-3-11-13(5-9)19-7-16-11)17-10-2-4-12-14(6-10)21-8-20-12/h1-7H,8H2,(H,17,18). The number of nitrogens with zero attached hydrogens (tertiary/aromatic N) is 1. The van der Waals surface area contributed by atoms with Gasteiger partial charge in [-0.1, -0.05) is 0 Å². The van der Waals surface area contributed by atoms with E-state index in [9.17, 15) is 4.79 Å². The SMILES string of the molecule is O=C(Nc1ccc2c(c1)OCO2)c1ccc2ncoc2c1. The van der Waals surface area contributed by atoms with Crippen LogP contribution in [0.2, 0.25) is 0 Å². The van der Waals surface area contributed by atoms with Crippen LogP contribution >= 0.6 is 0 Å². The molecular formula is C15H10N2O4. The minimum atomic E-state index is -0.229. The van der Waals surface area contributed by atoms with Crippen molar-refractivity contribution >= 4 is 22.7 Å². The van der Waals surface area contributed by atoms with Gasteiger partial charge in [0.1, 0.15) is 5.52 Å². The van der Waals surface area contributed by atoms with E-state index in [1.54, 1.807) is 36.4 Å². The van der Waals surface area contributed by atoms with Gasteiger partial charge in [0.05, 0.1) is 0 Å². The van der Waals surface area contributed by atoms with Crippen molar-refractivity contribution in [3.63, 3.8) is 0 Å². The summed E-state index contributed by atoms with van der Waals surface area (Å²) in [6.07, 6.45) is 1.35. The zero-order chi connectivity index (χ0) is 14.2. The van der Waals surface area contributed by atoms with Gasteiger partial charge in [-0.05, 0) is 30.3 Å².